The predicted octanol–water partition coefficient (Wildman–Crippen LogP) is 2.21. The molecule has 0 aliphatic rings. The number of nitrogens with one attached hydrogen (secondary N) is 1. The summed E-state index contributed by atoms with van der Waals surface area (Å²) in [7, 11) is 1.59. The van der Waals surface area contributed by atoms with Gasteiger partial charge in [0.15, 0.2) is 0 Å². The van der Waals surface area contributed by atoms with Crippen LogP contribution in [0.2, 0.25) is 0 Å². The van der Waals surface area contributed by atoms with Crippen LogP contribution in [-0.2, 0) is 6.54 Å². The number of carbonyl (C=O) groups excluding carboxylic acids is 1. The van der Waals surface area contributed by atoms with Crippen LogP contribution in [0.15, 0.2) is 40.9 Å². The maximum atomic E-state index is 12.2. The van der Waals surface area contributed by atoms with Gasteiger partial charge in [0.25, 0.3) is 5.91 Å². The smallest absolute Gasteiger partial charge is 0.322 e. The van der Waals surface area contributed by atoms with Crippen LogP contribution >= 0.6 is 0 Å². The van der Waals surface area contributed by atoms with Crippen molar-refractivity contribution >= 4 is 11.9 Å². The number of rotatable bonds is 5. The zero-order valence-corrected chi connectivity index (χ0v) is 12.7. The maximum Gasteiger partial charge on any atom is 0.322 e. The van der Waals surface area contributed by atoms with Crippen molar-refractivity contribution in [2.45, 2.75) is 13.5 Å². The SMILES string of the molecule is CCn1nccc1C(=O)Nc1nnc(-c2ccc(OC)cc2)o1. The van der Waals surface area contributed by atoms with Crippen LogP contribution in [0.5, 0.6) is 5.75 Å². The van der Waals surface area contributed by atoms with E-state index in [1.807, 2.05) is 6.92 Å². The Kier molecular flexibility index (Phi) is 4.05. The van der Waals surface area contributed by atoms with Crippen molar-refractivity contribution < 1.29 is 13.9 Å². The fourth-order valence-corrected chi connectivity index (χ4v) is 2.06. The summed E-state index contributed by atoms with van der Waals surface area (Å²) in [5.74, 6) is 0.691. The molecule has 1 N–H and O–H groups in total. The van der Waals surface area contributed by atoms with E-state index in [1.54, 1.807) is 48.3 Å². The molecule has 0 bridgehead atoms. The Bertz CT molecular complexity index is 807. The fraction of sp³-hybridized carbons (Fsp3) is 0.200. The molecule has 0 aliphatic heterocycles. The number of carbonyl (C=O) groups is 1. The second-order valence-corrected chi connectivity index (χ2v) is 4.63. The quantitative estimate of drug-likeness (QED) is 0.776. The molecule has 0 saturated carbocycles. The van der Waals surface area contributed by atoms with Gasteiger partial charge in [-0.3, -0.25) is 14.8 Å². The standard InChI is InChI=1S/C15H15N5O3/c1-3-20-12(8-9-16-20)13(21)17-15-19-18-14(23-15)10-4-6-11(22-2)7-5-10/h4-9H,3H2,1-2H3,(H,17,19,21). The molecule has 1 aromatic carbocycles. The van der Waals surface area contributed by atoms with Gasteiger partial charge < -0.3 is 9.15 Å². The average molecular weight is 313 g/mol. The molecule has 0 fully saturated rings. The van der Waals surface area contributed by atoms with Crippen LogP contribution in [0.25, 0.3) is 11.5 Å². The number of hydrogen-bond donors (Lipinski definition) is 1. The first-order valence-electron chi connectivity index (χ1n) is 7.02. The summed E-state index contributed by atoms with van der Waals surface area (Å²) in [5, 5.41) is 14.4. The number of aryl methyl sites for hydroxylation is 1. The van der Waals surface area contributed by atoms with Gasteiger partial charge in [-0.05, 0) is 37.3 Å². The van der Waals surface area contributed by atoms with Crippen LogP contribution < -0.4 is 10.1 Å². The summed E-state index contributed by atoms with van der Waals surface area (Å²) in [6.45, 7) is 2.49. The molecule has 2 aromatic heterocycles. The van der Waals surface area contributed by atoms with E-state index in [2.05, 4.69) is 20.6 Å². The second kappa shape index (κ2) is 6.30. The lowest BCUT2D eigenvalue weighted by molar-refractivity contribution is 0.101. The number of ether oxygens (including phenoxy) is 1. The van der Waals surface area contributed by atoms with E-state index < -0.39 is 0 Å². The lowest BCUT2D eigenvalue weighted by atomic mass is 10.2. The van der Waals surface area contributed by atoms with Crippen LogP contribution in [0.1, 0.15) is 17.4 Å². The zero-order valence-electron chi connectivity index (χ0n) is 12.7. The van der Waals surface area contributed by atoms with Crippen molar-refractivity contribution in [3.63, 3.8) is 0 Å². The number of benzene rings is 1. The minimum atomic E-state index is -0.353. The highest BCUT2D eigenvalue weighted by Gasteiger charge is 2.15. The van der Waals surface area contributed by atoms with Gasteiger partial charge in [0.2, 0.25) is 5.89 Å². The molecule has 0 atom stereocenters. The molecule has 2 heterocycles. The molecule has 0 radical (unpaired) electrons. The van der Waals surface area contributed by atoms with Gasteiger partial charge in [-0.1, -0.05) is 5.10 Å². The Morgan fingerprint density at radius 1 is 1.26 bits per heavy atom. The first-order valence-corrected chi connectivity index (χ1v) is 7.02. The molecule has 1 amide bonds. The normalized spacial score (nSPS) is 10.5. The summed E-state index contributed by atoms with van der Waals surface area (Å²) >= 11 is 0. The number of aromatic nitrogens is 4. The van der Waals surface area contributed by atoms with Crippen LogP contribution in [0.4, 0.5) is 6.01 Å². The molecule has 3 aromatic rings. The molecule has 118 valence electrons. The van der Waals surface area contributed by atoms with E-state index in [9.17, 15) is 4.79 Å². The summed E-state index contributed by atoms with van der Waals surface area (Å²) in [4.78, 5) is 12.2. The third-order valence-corrected chi connectivity index (χ3v) is 3.23. The minimum absolute atomic E-state index is 0.0321. The van der Waals surface area contributed by atoms with Crippen molar-refractivity contribution in [1.29, 1.82) is 0 Å². The summed E-state index contributed by atoms with van der Waals surface area (Å²) < 4.78 is 12.1. The highest BCUT2D eigenvalue weighted by atomic mass is 16.5. The van der Waals surface area contributed by atoms with E-state index >= 15 is 0 Å². The molecule has 0 spiro atoms. The molecule has 0 unspecified atom stereocenters. The molecule has 0 aliphatic carbocycles. The number of nitrogens with zero attached hydrogens (tertiary/aromatic N) is 4. The number of amides is 1. The summed E-state index contributed by atoms with van der Waals surface area (Å²) in [6.07, 6.45) is 1.56. The number of hydrogen-bond acceptors (Lipinski definition) is 6. The van der Waals surface area contributed by atoms with Gasteiger partial charge in [-0.25, -0.2) is 0 Å². The first-order chi connectivity index (χ1) is 11.2. The molecular weight excluding hydrogens is 298 g/mol. The van der Waals surface area contributed by atoms with E-state index in [4.69, 9.17) is 9.15 Å². The monoisotopic (exact) mass is 313 g/mol. The van der Waals surface area contributed by atoms with E-state index in [0.29, 0.717) is 18.1 Å². The van der Waals surface area contributed by atoms with Gasteiger partial charge in [0.05, 0.1) is 7.11 Å². The third kappa shape index (κ3) is 3.05. The minimum Gasteiger partial charge on any atom is -0.497 e. The van der Waals surface area contributed by atoms with Crippen LogP contribution in [-0.4, -0.2) is 33.0 Å². The van der Waals surface area contributed by atoms with Crippen molar-refractivity contribution in [1.82, 2.24) is 20.0 Å². The highest BCUT2D eigenvalue weighted by molar-refractivity contribution is 6.01. The Balaban J connectivity index is 1.75. The van der Waals surface area contributed by atoms with Crippen molar-refractivity contribution in [2.75, 3.05) is 12.4 Å². The van der Waals surface area contributed by atoms with Gasteiger partial charge in [0.1, 0.15) is 11.4 Å². The van der Waals surface area contributed by atoms with E-state index in [1.165, 1.54) is 0 Å². The Morgan fingerprint density at radius 3 is 2.74 bits per heavy atom. The topological polar surface area (TPSA) is 95.1 Å². The van der Waals surface area contributed by atoms with Crippen LogP contribution in [0.3, 0.4) is 0 Å². The maximum absolute atomic E-state index is 12.2. The highest BCUT2D eigenvalue weighted by Crippen LogP contribution is 2.22. The average Bonchev–Trinajstić information content (AvgIpc) is 3.23. The first kappa shape index (κ1) is 14.8. The molecule has 8 heteroatoms. The van der Waals surface area contributed by atoms with E-state index in [0.717, 1.165) is 11.3 Å². The lowest BCUT2D eigenvalue weighted by Gasteiger charge is -2.03. The fourth-order valence-electron chi connectivity index (χ4n) is 2.06. The van der Waals surface area contributed by atoms with Gasteiger partial charge in [-0.2, -0.15) is 5.10 Å². The molecule has 23 heavy (non-hydrogen) atoms. The molecule has 3 rings (SSSR count). The van der Waals surface area contributed by atoms with Crippen molar-refractivity contribution in [3.05, 3.63) is 42.2 Å². The summed E-state index contributed by atoms with van der Waals surface area (Å²) in [6, 6.07) is 8.83. The predicted molar refractivity (Wildman–Crippen MR) is 82.1 cm³/mol. The van der Waals surface area contributed by atoms with Gasteiger partial charge >= 0.3 is 6.01 Å². The lowest BCUT2D eigenvalue weighted by Crippen LogP contribution is -2.17. The van der Waals surface area contributed by atoms with Crippen LogP contribution in [0, 0.1) is 0 Å². The number of methoxy groups -OCH3 is 1. The molecule has 0 saturated heterocycles. The van der Waals surface area contributed by atoms with Gasteiger partial charge in [0, 0.05) is 18.3 Å². The van der Waals surface area contributed by atoms with Crippen molar-refractivity contribution in [2.24, 2.45) is 0 Å². The Hall–Kier alpha value is -3.16. The largest absolute Gasteiger partial charge is 0.497 e. The summed E-state index contributed by atoms with van der Waals surface area (Å²) in [5.41, 5.74) is 1.16. The van der Waals surface area contributed by atoms with Crippen molar-refractivity contribution in [3.8, 4) is 17.2 Å². The molecular formula is C15H15N5O3. The Morgan fingerprint density at radius 2 is 2.04 bits per heavy atom. The Labute approximate surface area is 132 Å². The second-order valence-electron chi connectivity index (χ2n) is 4.63. The zero-order chi connectivity index (χ0) is 16.2. The van der Waals surface area contributed by atoms with Gasteiger partial charge in [-0.15, -0.1) is 5.10 Å². The third-order valence-electron chi connectivity index (χ3n) is 3.23. The van der Waals surface area contributed by atoms with E-state index in [-0.39, 0.29) is 11.9 Å². The molecule has 8 nitrogen and oxygen atoms in total. The number of anilines is 1.